The smallest absolute Gasteiger partial charge is 0.214 e. The van der Waals surface area contributed by atoms with Gasteiger partial charge in [0.2, 0.25) is 10.0 Å². The molecule has 0 aromatic carbocycles. The van der Waals surface area contributed by atoms with E-state index in [1.165, 1.54) is 0 Å². The van der Waals surface area contributed by atoms with Gasteiger partial charge in [-0.1, -0.05) is 0 Å². The molecule has 0 aliphatic carbocycles. The first-order valence-corrected chi connectivity index (χ1v) is 7.69. The lowest BCUT2D eigenvalue weighted by Crippen LogP contribution is -2.47. The highest BCUT2D eigenvalue weighted by molar-refractivity contribution is 7.89. The van der Waals surface area contributed by atoms with Crippen LogP contribution in [0.2, 0.25) is 0 Å². The van der Waals surface area contributed by atoms with Gasteiger partial charge in [-0.3, -0.25) is 0 Å². The summed E-state index contributed by atoms with van der Waals surface area (Å²) in [4.78, 5) is 0. The Kier molecular flexibility index (Phi) is 4.18. The predicted octanol–water partition coefficient (Wildman–Crippen LogP) is -0.779. The van der Waals surface area contributed by atoms with E-state index in [-0.39, 0.29) is 0 Å². The molecule has 2 rings (SSSR count). The molecule has 6 heteroatoms. The molecule has 2 saturated heterocycles. The molecular formula is C10H21N3O2S. The van der Waals surface area contributed by atoms with Crippen LogP contribution in [0.1, 0.15) is 12.8 Å². The Bertz CT molecular complexity index is 306. The van der Waals surface area contributed by atoms with Gasteiger partial charge in [-0.05, 0) is 31.8 Å². The SMILES string of the molecule is O=S(=O)(CCC1CCNC1)N1CCNCC1. The van der Waals surface area contributed by atoms with Crippen LogP contribution in [0.25, 0.3) is 0 Å². The third kappa shape index (κ3) is 3.16. The second-order valence-electron chi connectivity index (χ2n) is 4.61. The van der Waals surface area contributed by atoms with Gasteiger partial charge in [0, 0.05) is 26.2 Å². The zero-order valence-electron chi connectivity index (χ0n) is 9.61. The van der Waals surface area contributed by atoms with Crippen molar-refractivity contribution in [2.75, 3.05) is 45.0 Å². The van der Waals surface area contributed by atoms with Crippen LogP contribution in [-0.2, 0) is 10.0 Å². The van der Waals surface area contributed by atoms with E-state index in [2.05, 4.69) is 10.6 Å². The number of nitrogens with one attached hydrogen (secondary N) is 2. The molecule has 0 amide bonds. The van der Waals surface area contributed by atoms with E-state index in [1.54, 1.807) is 4.31 Å². The highest BCUT2D eigenvalue weighted by Gasteiger charge is 2.25. The van der Waals surface area contributed by atoms with Crippen LogP contribution in [-0.4, -0.2) is 57.7 Å². The van der Waals surface area contributed by atoms with Crippen molar-refractivity contribution in [2.45, 2.75) is 12.8 Å². The van der Waals surface area contributed by atoms with E-state index in [0.717, 1.165) is 39.0 Å². The lowest BCUT2D eigenvalue weighted by atomic mass is 10.1. The van der Waals surface area contributed by atoms with Crippen LogP contribution < -0.4 is 10.6 Å². The number of nitrogens with zero attached hydrogens (tertiary/aromatic N) is 1. The van der Waals surface area contributed by atoms with Crippen molar-refractivity contribution in [3.05, 3.63) is 0 Å². The summed E-state index contributed by atoms with van der Waals surface area (Å²) in [5, 5.41) is 6.44. The van der Waals surface area contributed by atoms with Gasteiger partial charge in [0.25, 0.3) is 0 Å². The summed E-state index contributed by atoms with van der Waals surface area (Å²) < 4.78 is 25.7. The maximum absolute atomic E-state index is 12.0. The number of piperazine rings is 1. The molecule has 0 bridgehead atoms. The van der Waals surface area contributed by atoms with Gasteiger partial charge >= 0.3 is 0 Å². The van der Waals surface area contributed by atoms with Gasteiger partial charge in [-0.25, -0.2) is 8.42 Å². The molecule has 94 valence electrons. The van der Waals surface area contributed by atoms with Crippen LogP contribution in [0.5, 0.6) is 0 Å². The van der Waals surface area contributed by atoms with E-state index < -0.39 is 10.0 Å². The Hall–Kier alpha value is -0.170. The van der Waals surface area contributed by atoms with Crippen LogP contribution in [0.4, 0.5) is 0 Å². The quantitative estimate of drug-likeness (QED) is 0.684. The topological polar surface area (TPSA) is 61.4 Å². The first kappa shape index (κ1) is 12.3. The van der Waals surface area contributed by atoms with E-state index in [4.69, 9.17) is 0 Å². The van der Waals surface area contributed by atoms with Crippen molar-refractivity contribution in [3.8, 4) is 0 Å². The standard InChI is InChI=1S/C10H21N3O2S/c14-16(15,13-6-4-11-5-7-13)8-2-10-1-3-12-9-10/h10-12H,1-9H2. The molecule has 0 aromatic rings. The molecule has 5 nitrogen and oxygen atoms in total. The van der Waals surface area contributed by atoms with Crippen molar-refractivity contribution in [3.63, 3.8) is 0 Å². The van der Waals surface area contributed by atoms with Crippen LogP contribution >= 0.6 is 0 Å². The third-order valence-corrected chi connectivity index (χ3v) is 5.32. The Morgan fingerprint density at radius 3 is 2.50 bits per heavy atom. The Balaban J connectivity index is 1.81. The number of hydrogen-bond donors (Lipinski definition) is 2. The zero-order chi connectivity index (χ0) is 11.4. The second kappa shape index (κ2) is 5.44. The Labute approximate surface area is 97.6 Å². The summed E-state index contributed by atoms with van der Waals surface area (Å²) in [7, 11) is -3.01. The average molecular weight is 247 g/mol. The molecule has 1 atom stereocenters. The van der Waals surface area contributed by atoms with E-state index in [0.29, 0.717) is 24.8 Å². The van der Waals surface area contributed by atoms with Crippen molar-refractivity contribution < 1.29 is 8.42 Å². The minimum absolute atomic E-state index is 0.319. The molecule has 16 heavy (non-hydrogen) atoms. The van der Waals surface area contributed by atoms with Crippen molar-refractivity contribution in [1.29, 1.82) is 0 Å². The molecule has 1 unspecified atom stereocenters. The number of sulfonamides is 1. The van der Waals surface area contributed by atoms with E-state index in [1.807, 2.05) is 0 Å². The van der Waals surface area contributed by atoms with E-state index in [9.17, 15) is 8.42 Å². The van der Waals surface area contributed by atoms with Gasteiger partial charge in [-0.2, -0.15) is 4.31 Å². The Morgan fingerprint density at radius 2 is 1.88 bits per heavy atom. The van der Waals surface area contributed by atoms with Gasteiger partial charge in [0.15, 0.2) is 0 Å². The molecule has 2 aliphatic rings. The molecule has 0 spiro atoms. The molecule has 0 radical (unpaired) electrons. The van der Waals surface area contributed by atoms with Crippen LogP contribution in [0, 0.1) is 5.92 Å². The largest absolute Gasteiger partial charge is 0.316 e. The fourth-order valence-corrected chi connectivity index (χ4v) is 3.96. The molecular weight excluding hydrogens is 226 g/mol. The highest BCUT2D eigenvalue weighted by Crippen LogP contribution is 2.15. The molecule has 2 fully saturated rings. The second-order valence-corrected chi connectivity index (χ2v) is 6.70. The highest BCUT2D eigenvalue weighted by atomic mass is 32.2. The average Bonchev–Trinajstić information content (AvgIpc) is 2.81. The molecule has 0 saturated carbocycles. The van der Waals surface area contributed by atoms with Gasteiger partial charge in [-0.15, -0.1) is 0 Å². The van der Waals surface area contributed by atoms with Crippen molar-refractivity contribution in [1.82, 2.24) is 14.9 Å². The van der Waals surface area contributed by atoms with Gasteiger partial charge in [0.1, 0.15) is 0 Å². The monoisotopic (exact) mass is 247 g/mol. The molecule has 2 aliphatic heterocycles. The summed E-state index contributed by atoms with van der Waals surface area (Å²) in [6, 6.07) is 0. The minimum Gasteiger partial charge on any atom is -0.316 e. The minimum atomic E-state index is -3.01. The molecule has 2 N–H and O–H groups in total. The first-order chi connectivity index (χ1) is 7.68. The summed E-state index contributed by atoms with van der Waals surface area (Å²) in [5.74, 6) is 0.872. The number of rotatable bonds is 4. The predicted molar refractivity (Wildman–Crippen MR) is 63.8 cm³/mol. The molecule has 2 heterocycles. The fourth-order valence-electron chi connectivity index (χ4n) is 2.33. The van der Waals surface area contributed by atoms with Crippen molar-refractivity contribution in [2.24, 2.45) is 5.92 Å². The summed E-state index contributed by atoms with van der Waals surface area (Å²) in [6.45, 7) is 4.85. The van der Waals surface area contributed by atoms with Crippen LogP contribution in [0.3, 0.4) is 0 Å². The normalized spacial score (nSPS) is 28.4. The summed E-state index contributed by atoms with van der Waals surface area (Å²) in [6.07, 6.45) is 1.93. The van der Waals surface area contributed by atoms with Crippen LogP contribution in [0.15, 0.2) is 0 Å². The number of hydrogen-bond acceptors (Lipinski definition) is 4. The lowest BCUT2D eigenvalue weighted by Gasteiger charge is -2.27. The van der Waals surface area contributed by atoms with Crippen molar-refractivity contribution >= 4 is 10.0 Å². The zero-order valence-corrected chi connectivity index (χ0v) is 10.4. The van der Waals surface area contributed by atoms with Gasteiger partial charge in [0.05, 0.1) is 5.75 Å². The van der Waals surface area contributed by atoms with Gasteiger partial charge < -0.3 is 10.6 Å². The first-order valence-electron chi connectivity index (χ1n) is 6.08. The maximum atomic E-state index is 12.0. The summed E-state index contributed by atoms with van der Waals surface area (Å²) in [5.41, 5.74) is 0. The Morgan fingerprint density at radius 1 is 1.12 bits per heavy atom. The third-order valence-electron chi connectivity index (χ3n) is 3.42. The summed E-state index contributed by atoms with van der Waals surface area (Å²) >= 11 is 0. The lowest BCUT2D eigenvalue weighted by molar-refractivity contribution is 0.358. The maximum Gasteiger partial charge on any atom is 0.214 e. The molecule has 0 aromatic heterocycles. The van der Waals surface area contributed by atoms with E-state index >= 15 is 0 Å². The fraction of sp³-hybridized carbons (Fsp3) is 1.00.